The zero-order valence-electron chi connectivity index (χ0n) is 19.0. The lowest BCUT2D eigenvalue weighted by Crippen LogP contribution is -1.97. The first-order valence-corrected chi connectivity index (χ1v) is 11.8. The van der Waals surface area contributed by atoms with E-state index in [4.69, 9.17) is 9.97 Å². The zero-order chi connectivity index (χ0) is 23.2. The van der Waals surface area contributed by atoms with Crippen LogP contribution in [0.15, 0.2) is 127 Å². The highest BCUT2D eigenvalue weighted by molar-refractivity contribution is 6.09. The van der Waals surface area contributed by atoms with Crippen molar-refractivity contribution in [3.8, 4) is 28.3 Å². The molecule has 0 atom stereocenters. The van der Waals surface area contributed by atoms with Gasteiger partial charge in [0.25, 0.3) is 0 Å². The molecule has 0 saturated carbocycles. The average Bonchev–Trinajstić information content (AvgIpc) is 3.27. The molecule has 7 rings (SSSR count). The van der Waals surface area contributed by atoms with E-state index < -0.39 is 0 Å². The number of rotatable bonds is 3. The van der Waals surface area contributed by atoms with Crippen molar-refractivity contribution < 1.29 is 0 Å². The van der Waals surface area contributed by atoms with E-state index in [0.29, 0.717) is 0 Å². The van der Waals surface area contributed by atoms with Gasteiger partial charge in [-0.3, -0.25) is 0 Å². The van der Waals surface area contributed by atoms with Crippen LogP contribution in [-0.4, -0.2) is 14.5 Å². The third-order valence-corrected chi connectivity index (χ3v) is 6.59. The normalized spacial score (nSPS) is 11.4. The van der Waals surface area contributed by atoms with E-state index >= 15 is 0 Å². The third kappa shape index (κ3) is 3.21. The van der Waals surface area contributed by atoms with Crippen molar-refractivity contribution in [3.05, 3.63) is 127 Å². The smallest absolute Gasteiger partial charge is 0.160 e. The Morgan fingerprint density at radius 3 is 1.80 bits per heavy atom. The van der Waals surface area contributed by atoms with Gasteiger partial charge in [-0.05, 0) is 30.3 Å². The van der Waals surface area contributed by atoms with Gasteiger partial charge in [0, 0.05) is 33.0 Å². The van der Waals surface area contributed by atoms with Gasteiger partial charge in [-0.1, -0.05) is 97.1 Å². The molecule has 0 spiro atoms. The second-order valence-corrected chi connectivity index (χ2v) is 8.70. The third-order valence-electron chi connectivity index (χ3n) is 6.59. The Balaban J connectivity index is 1.46. The van der Waals surface area contributed by atoms with E-state index in [0.717, 1.165) is 39.2 Å². The number of para-hydroxylation sites is 3. The summed E-state index contributed by atoms with van der Waals surface area (Å²) in [7, 11) is 0. The molecule has 164 valence electrons. The predicted octanol–water partition coefficient (Wildman–Crippen LogP) is 8.06. The average molecular weight is 448 g/mol. The van der Waals surface area contributed by atoms with Crippen LogP contribution in [0.1, 0.15) is 0 Å². The maximum atomic E-state index is 5.07. The van der Waals surface area contributed by atoms with Crippen LogP contribution in [0.2, 0.25) is 0 Å². The van der Waals surface area contributed by atoms with Crippen molar-refractivity contribution in [2.75, 3.05) is 0 Å². The van der Waals surface area contributed by atoms with E-state index in [-0.39, 0.29) is 0 Å². The first kappa shape index (κ1) is 19.7. The van der Waals surface area contributed by atoms with Crippen LogP contribution in [-0.2, 0) is 0 Å². The molecule has 2 aromatic heterocycles. The van der Waals surface area contributed by atoms with Gasteiger partial charge in [0.15, 0.2) is 5.82 Å². The van der Waals surface area contributed by atoms with Gasteiger partial charge in [0.1, 0.15) is 0 Å². The predicted molar refractivity (Wildman–Crippen MR) is 145 cm³/mol. The lowest BCUT2D eigenvalue weighted by molar-refractivity contribution is 1.17. The lowest BCUT2D eigenvalue weighted by Gasteiger charge is -2.12. The van der Waals surface area contributed by atoms with Crippen LogP contribution in [0.3, 0.4) is 0 Å². The molecule has 0 unspecified atom stereocenters. The number of nitrogens with zero attached hydrogens (tertiary/aromatic N) is 3. The van der Waals surface area contributed by atoms with Crippen LogP contribution in [0.25, 0.3) is 61.0 Å². The van der Waals surface area contributed by atoms with Gasteiger partial charge >= 0.3 is 0 Å². The van der Waals surface area contributed by atoms with Gasteiger partial charge in [-0.2, -0.15) is 0 Å². The summed E-state index contributed by atoms with van der Waals surface area (Å²) >= 11 is 0. The van der Waals surface area contributed by atoms with Crippen molar-refractivity contribution in [2.45, 2.75) is 0 Å². The minimum Gasteiger partial charge on any atom is -0.309 e. The summed E-state index contributed by atoms with van der Waals surface area (Å²) in [6.07, 6.45) is 0. The molecule has 5 aromatic carbocycles. The van der Waals surface area contributed by atoms with Crippen LogP contribution in [0.4, 0.5) is 0 Å². The minimum absolute atomic E-state index is 0.727. The second kappa shape index (κ2) is 7.93. The molecule has 0 radical (unpaired) electrons. The van der Waals surface area contributed by atoms with E-state index in [1.807, 2.05) is 18.2 Å². The molecular formula is C32H21N3. The number of hydrogen-bond donors (Lipinski definition) is 0. The van der Waals surface area contributed by atoms with Gasteiger partial charge in [-0.15, -0.1) is 0 Å². The Bertz CT molecular complexity index is 1800. The Kier molecular flexibility index (Phi) is 4.46. The Labute approximate surface area is 203 Å². The highest BCUT2D eigenvalue weighted by Crippen LogP contribution is 2.34. The SMILES string of the molecule is c1ccc(-c2nc(-c3cccc(-n4c5ccccc5c5ccccc54)c3)nc3ccccc23)cc1. The first-order valence-electron chi connectivity index (χ1n) is 11.8. The lowest BCUT2D eigenvalue weighted by atomic mass is 10.1. The number of hydrogen-bond acceptors (Lipinski definition) is 2. The van der Waals surface area contributed by atoms with E-state index in [2.05, 4.69) is 114 Å². The summed E-state index contributed by atoms with van der Waals surface area (Å²) in [5.41, 5.74) is 7.45. The van der Waals surface area contributed by atoms with E-state index in [1.54, 1.807) is 0 Å². The summed E-state index contributed by atoms with van der Waals surface area (Å²) in [5, 5.41) is 3.56. The summed E-state index contributed by atoms with van der Waals surface area (Å²) in [6, 6.07) is 44.2. The van der Waals surface area contributed by atoms with Crippen LogP contribution in [0.5, 0.6) is 0 Å². The Morgan fingerprint density at radius 1 is 0.457 bits per heavy atom. The molecule has 3 nitrogen and oxygen atoms in total. The molecular weight excluding hydrogens is 426 g/mol. The van der Waals surface area contributed by atoms with Crippen LogP contribution in [0, 0.1) is 0 Å². The fraction of sp³-hybridized carbons (Fsp3) is 0. The van der Waals surface area contributed by atoms with E-state index in [9.17, 15) is 0 Å². The maximum Gasteiger partial charge on any atom is 0.160 e. The largest absolute Gasteiger partial charge is 0.309 e. The van der Waals surface area contributed by atoms with Crippen molar-refractivity contribution in [1.82, 2.24) is 14.5 Å². The Hall–Kier alpha value is -4.76. The topological polar surface area (TPSA) is 30.7 Å². The molecule has 0 aliphatic rings. The molecule has 0 bridgehead atoms. The molecule has 3 heteroatoms. The van der Waals surface area contributed by atoms with Gasteiger partial charge in [-0.25, -0.2) is 9.97 Å². The summed E-state index contributed by atoms with van der Waals surface area (Å²) < 4.78 is 2.33. The number of fused-ring (bicyclic) bond motifs is 4. The fourth-order valence-electron chi connectivity index (χ4n) is 5.01. The molecule has 0 aliphatic heterocycles. The van der Waals surface area contributed by atoms with Crippen molar-refractivity contribution >= 4 is 32.7 Å². The molecule has 0 amide bonds. The molecule has 0 aliphatic carbocycles. The second-order valence-electron chi connectivity index (χ2n) is 8.70. The summed E-state index contributed by atoms with van der Waals surface area (Å²) in [4.78, 5) is 10.0. The zero-order valence-corrected chi connectivity index (χ0v) is 19.0. The monoisotopic (exact) mass is 447 g/mol. The molecule has 0 fully saturated rings. The standard InChI is InChI=1S/C32H21N3/c1-2-11-22(12-3-1)31-27-17-4-7-18-28(27)33-32(34-31)23-13-10-14-24(21-23)35-29-19-8-5-15-25(29)26-16-6-9-20-30(26)35/h1-21H. The number of benzene rings is 5. The molecule has 0 saturated heterocycles. The maximum absolute atomic E-state index is 5.07. The molecule has 7 aromatic rings. The highest BCUT2D eigenvalue weighted by atomic mass is 15.0. The van der Waals surface area contributed by atoms with Crippen LogP contribution >= 0.6 is 0 Å². The number of aromatic nitrogens is 3. The summed E-state index contributed by atoms with van der Waals surface area (Å²) in [5.74, 6) is 0.727. The molecule has 2 heterocycles. The minimum atomic E-state index is 0.727. The van der Waals surface area contributed by atoms with Gasteiger partial charge in [0.2, 0.25) is 0 Å². The highest BCUT2D eigenvalue weighted by Gasteiger charge is 2.14. The van der Waals surface area contributed by atoms with Gasteiger partial charge < -0.3 is 4.57 Å². The van der Waals surface area contributed by atoms with Gasteiger partial charge in [0.05, 0.1) is 22.2 Å². The fourth-order valence-corrected chi connectivity index (χ4v) is 5.01. The van der Waals surface area contributed by atoms with Crippen LogP contribution < -0.4 is 0 Å². The van der Waals surface area contributed by atoms with E-state index in [1.165, 1.54) is 21.8 Å². The first-order chi connectivity index (χ1) is 17.4. The molecule has 0 N–H and O–H groups in total. The Morgan fingerprint density at radius 2 is 1.06 bits per heavy atom. The van der Waals surface area contributed by atoms with Crippen molar-refractivity contribution in [2.24, 2.45) is 0 Å². The quantitative estimate of drug-likeness (QED) is 0.274. The van der Waals surface area contributed by atoms with Crippen molar-refractivity contribution in [3.63, 3.8) is 0 Å². The summed E-state index contributed by atoms with van der Waals surface area (Å²) in [6.45, 7) is 0. The van der Waals surface area contributed by atoms with Crippen molar-refractivity contribution in [1.29, 1.82) is 0 Å². The molecule has 35 heavy (non-hydrogen) atoms.